The van der Waals surface area contributed by atoms with Gasteiger partial charge in [0.1, 0.15) is 0 Å². The summed E-state index contributed by atoms with van der Waals surface area (Å²) in [6.45, 7) is 4.54. The van der Waals surface area contributed by atoms with E-state index >= 15 is 0 Å². The van der Waals surface area contributed by atoms with Gasteiger partial charge in [-0.1, -0.05) is 24.9 Å². The molecular weight excluding hydrogens is 219 g/mol. The summed E-state index contributed by atoms with van der Waals surface area (Å²) in [5.41, 5.74) is 0.953. The number of rotatable bonds is 4. The van der Waals surface area contributed by atoms with Crippen molar-refractivity contribution in [2.24, 2.45) is 0 Å². The van der Waals surface area contributed by atoms with E-state index < -0.39 is 7.37 Å². The monoisotopic (exact) mass is 234 g/mol. The molecule has 0 spiro atoms. The molecule has 0 amide bonds. The molecule has 0 fully saturated rings. The van der Waals surface area contributed by atoms with Gasteiger partial charge in [-0.3, -0.25) is 4.57 Å². The van der Waals surface area contributed by atoms with Gasteiger partial charge < -0.3 is 4.52 Å². The summed E-state index contributed by atoms with van der Waals surface area (Å²) in [4.78, 5) is 0. The minimum atomic E-state index is -2.56. The molecule has 0 aromatic heterocycles. The second-order valence-electron chi connectivity index (χ2n) is 3.52. The summed E-state index contributed by atoms with van der Waals surface area (Å²) < 4.78 is 17.5. The molecule has 0 radical (unpaired) electrons. The van der Waals surface area contributed by atoms with Crippen LogP contribution in [0.4, 0.5) is 0 Å². The number of halogens is 1. The van der Waals surface area contributed by atoms with Gasteiger partial charge in [0.25, 0.3) is 0 Å². The minimum absolute atomic E-state index is 0.464. The van der Waals surface area contributed by atoms with E-state index in [-0.39, 0.29) is 0 Å². The Hall–Kier alpha value is -0.0400. The molecular formula is C10H16ClO2P. The van der Waals surface area contributed by atoms with E-state index in [1.165, 1.54) is 0 Å². The molecule has 14 heavy (non-hydrogen) atoms. The molecule has 2 nitrogen and oxygen atoms in total. The van der Waals surface area contributed by atoms with Crippen molar-refractivity contribution in [2.75, 3.05) is 12.8 Å². The molecule has 1 rings (SSSR count). The first-order valence-corrected chi connectivity index (χ1v) is 7.11. The largest absolute Gasteiger partial charge is 0.325 e. The van der Waals surface area contributed by atoms with Crippen molar-refractivity contribution in [1.82, 2.24) is 0 Å². The highest BCUT2D eigenvalue weighted by Gasteiger charge is 2.24. The Balaban J connectivity index is 2.54. The lowest BCUT2D eigenvalue weighted by atomic mass is 10.3. The average molecular weight is 235 g/mol. The van der Waals surface area contributed by atoms with Crippen LogP contribution in [-0.4, -0.2) is 12.8 Å². The molecule has 1 aliphatic heterocycles. The van der Waals surface area contributed by atoms with E-state index in [4.69, 9.17) is 16.1 Å². The summed E-state index contributed by atoms with van der Waals surface area (Å²) in [5.74, 6) is 1.62. The van der Waals surface area contributed by atoms with Crippen molar-refractivity contribution in [3.63, 3.8) is 0 Å². The predicted molar refractivity (Wildman–Crippen MR) is 61.0 cm³/mol. The fourth-order valence-corrected chi connectivity index (χ4v) is 3.47. The SMILES string of the molecule is CCCCOP1(=O)C=CC(Cl)=C(C)C1. The third kappa shape index (κ3) is 3.27. The number of hydrogen-bond acceptors (Lipinski definition) is 2. The zero-order chi connectivity index (χ0) is 10.6. The second kappa shape index (κ2) is 5.16. The highest BCUT2D eigenvalue weighted by Crippen LogP contribution is 2.53. The Labute approximate surface area is 90.4 Å². The van der Waals surface area contributed by atoms with E-state index in [1.54, 1.807) is 11.9 Å². The lowest BCUT2D eigenvalue weighted by molar-refractivity contribution is 0.313. The maximum atomic E-state index is 12.1. The van der Waals surface area contributed by atoms with Gasteiger partial charge in [0.2, 0.25) is 7.37 Å². The molecule has 0 N–H and O–H groups in total. The zero-order valence-electron chi connectivity index (χ0n) is 8.62. The maximum absolute atomic E-state index is 12.1. The second-order valence-corrected chi connectivity index (χ2v) is 6.25. The van der Waals surface area contributed by atoms with Crippen LogP contribution < -0.4 is 0 Å². The molecule has 0 saturated carbocycles. The number of allylic oxidation sites excluding steroid dienone is 3. The smallest absolute Gasteiger partial charge is 0.229 e. The van der Waals surface area contributed by atoms with Crippen LogP contribution in [0.3, 0.4) is 0 Å². The minimum Gasteiger partial charge on any atom is -0.325 e. The highest BCUT2D eigenvalue weighted by atomic mass is 35.5. The van der Waals surface area contributed by atoms with E-state index in [1.807, 2.05) is 6.92 Å². The normalized spacial score (nSPS) is 27.1. The molecule has 4 heteroatoms. The van der Waals surface area contributed by atoms with Crippen molar-refractivity contribution in [2.45, 2.75) is 26.7 Å². The van der Waals surface area contributed by atoms with Crippen molar-refractivity contribution in [1.29, 1.82) is 0 Å². The summed E-state index contributed by atoms with van der Waals surface area (Å²) in [6.07, 6.45) is 4.16. The molecule has 0 saturated heterocycles. The third-order valence-corrected chi connectivity index (χ3v) is 4.71. The molecule has 80 valence electrons. The predicted octanol–water partition coefficient (Wildman–Crippen LogP) is 4.12. The van der Waals surface area contributed by atoms with Crippen LogP contribution in [0, 0.1) is 0 Å². The topological polar surface area (TPSA) is 26.3 Å². The van der Waals surface area contributed by atoms with Crippen LogP contribution in [0.25, 0.3) is 0 Å². The van der Waals surface area contributed by atoms with Crippen LogP contribution in [-0.2, 0) is 9.09 Å². The standard InChI is InChI=1S/C10H16ClO2P/c1-3-4-6-13-14(12)7-5-10(11)9(2)8-14/h5,7H,3-4,6,8H2,1-2H3. The highest BCUT2D eigenvalue weighted by molar-refractivity contribution is 7.62. The van der Waals surface area contributed by atoms with Gasteiger partial charge in [0.05, 0.1) is 12.8 Å². The molecule has 1 aliphatic rings. The summed E-state index contributed by atoms with van der Waals surface area (Å²) in [5, 5.41) is 0.690. The van der Waals surface area contributed by atoms with E-state index in [0.717, 1.165) is 18.4 Å². The molecule has 1 atom stereocenters. The van der Waals surface area contributed by atoms with Crippen molar-refractivity contribution >= 4 is 19.0 Å². The van der Waals surface area contributed by atoms with Gasteiger partial charge in [-0.2, -0.15) is 0 Å². The molecule has 0 aliphatic carbocycles. The van der Waals surface area contributed by atoms with Crippen molar-refractivity contribution in [3.05, 3.63) is 22.5 Å². The Morgan fingerprint density at radius 3 is 2.93 bits per heavy atom. The summed E-state index contributed by atoms with van der Waals surface area (Å²) in [6, 6.07) is 0. The summed E-state index contributed by atoms with van der Waals surface area (Å²) in [7, 11) is -2.56. The molecule has 0 bridgehead atoms. The maximum Gasteiger partial charge on any atom is 0.229 e. The van der Waals surface area contributed by atoms with Crippen molar-refractivity contribution in [3.8, 4) is 0 Å². The quantitative estimate of drug-likeness (QED) is 0.540. The first kappa shape index (κ1) is 12.0. The van der Waals surface area contributed by atoms with E-state index in [0.29, 0.717) is 17.8 Å². The van der Waals surface area contributed by atoms with Crippen molar-refractivity contribution < 1.29 is 9.09 Å². The van der Waals surface area contributed by atoms with Crippen LogP contribution in [0.2, 0.25) is 0 Å². The molecule has 1 unspecified atom stereocenters. The van der Waals surface area contributed by atoms with E-state index in [2.05, 4.69) is 6.92 Å². The van der Waals surface area contributed by atoms with Gasteiger partial charge in [-0.25, -0.2) is 0 Å². The number of unbranched alkanes of at least 4 members (excludes halogenated alkanes) is 1. The lowest BCUT2D eigenvalue weighted by Gasteiger charge is -2.18. The average Bonchev–Trinajstić information content (AvgIpc) is 2.13. The van der Waals surface area contributed by atoms with Crippen LogP contribution in [0.1, 0.15) is 26.7 Å². The Morgan fingerprint density at radius 2 is 2.36 bits per heavy atom. The lowest BCUT2D eigenvalue weighted by Crippen LogP contribution is -2.00. The molecule has 0 aromatic rings. The first-order chi connectivity index (χ1) is 6.57. The Morgan fingerprint density at radius 1 is 1.64 bits per heavy atom. The molecule has 0 aromatic carbocycles. The fraction of sp³-hybridized carbons (Fsp3) is 0.600. The fourth-order valence-electron chi connectivity index (χ4n) is 1.23. The van der Waals surface area contributed by atoms with Gasteiger partial charge in [-0.15, -0.1) is 0 Å². The van der Waals surface area contributed by atoms with E-state index in [9.17, 15) is 4.57 Å². The van der Waals surface area contributed by atoms with Gasteiger partial charge in [-0.05, 0) is 25.0 Å². The Bertz CT molecular complexity index is 307. The van der Waals surface area contributed by atoms with Gasteiger partial charge in [0, 0.05) is 10.8 Å². The van der Waals surface area contributed by atoms with Crippen LogP contribution in [0.15, 0.2) is 22.5 Å². The van der Waals surface area contributed by atoms with Gasteiger partial charge >= 0.3 is 0 Å². The summed E-state index contributed by atoms with van der Waals surface area (Å²) >= 11 is 5.87. The first-order valence-electron chi connectivity index (χ1n) is 4.85. The Kier molecular flexibility index (Phi) is 4.43. The third-order valence-electron chi connectivity index (χ3n) is 2.12. The van der Waals surface area contributed by atoms with Crippen LogP contribution in [0.5, 0.6) is 0 Å². The zero-order valence-corrected chi connectivity index (χ0v) is 10.3. The number of hydrogen-bond donors (Lipinski definition) is 0. The van der Waals surface area contributed by atoms with Crippen LogP contribution >= 0.6 is 19.0 Å². The van der Waals surface area contributed by atoms with Gasteiger partial charge in [0.15, 0.2) is 0 Å². The molecule has 1 heterocycles.